The van der Waals surface area contributed by atoms with Gasteiger partial charge in [0.15, 0.2) is 0 Å². The molecule has 6 nitrogen and oxygen atoms in total. The zero-order valence-electron chi connectivity index (χ0n) is 12.9. The topological polar surface area (TPSA) is 70.1 Å². The Morgan fingerprint density at radius 2 is 2.10 bits per heavy atom. The summed E-state index contributed by atoms with van der Waals surface area (Å²) in [7, 11) is 1.67. The van der Waals surface area contributed by atoms with Crippen LogP contribution in [0.1, 0.15) is 40.0 Å². The van der Waals surface area contributed by atoms with Gasteiger partial charge in [-0.2, -0.15) is 0 Å². The second kappa shape index (κ2) is 6.92. The van der Waals surface area contributed by atoms with Gasteiger partial charge in [-0.25, -0.2) is 4.79 Å². The Kier molecular flexibility index (Phi) is 5.80. The summed E-state index contributed by atoms with van der Waals surface area (Å²) in [6.45, 7) is 7.31. The summed E-state index contributed by atoms with van der Waals surface area (Å²) in [5.41, 5.74) is -0.302. The fourth-order valence-corrected chi connectivity index (χ4v) is 2.51. The lowest BCUT2D eigenvalue weighted by Crippen LogP contribution is -2.55. The van der Waals surface area contributed by atoms with Crippen LogP contribution in [-0.2, 0) is 9.53 Å². The van der Waals surface area contributed by atoms with E-state index in [0.29, 0.717) is 13.1 Å². The molecule has 0 bridgehead atoms. The van der Waals surface area contributed by atoms with Crippen LogP contribution >= 0.6 is 0 Å². The van der Waals surface area contributed by atoms with E-state index >= 15 is 0 Å². The molecule has 0 aromatic heterocycles. The average Bonchev–Trinajstić information content (AvgIpc) is 2.38. The zero-order valence-corrected chi connectivity index (χ0v) is 12.9. The minimum absolute atomic E-state index is 0.0161. The van der Waals surface area contributed by atoms with Crippen molar-refractivity contribution in [3.63, 3.8) is 0 Å². The van der Waals surface area contributed by atoms with Crippen LogP contribution in [-0.4, -0.2) is 65.3 Å². The van der Waals surface area contributed by atoms with Gasteiger partial charge in [-0.05, 0) is 33.6 Å². The normalized spacial score (nSPS) is 22.9. The summed E-state index contributed by atoms with van der Waals surface area (Å²) >= 11 is 0. The molecule has 1 heterocycles. The number of carboxylic acids is 1. The van der Waals surface area contributed by atoms with Crippen molar-refractivity contribution in [2.45, 2.75) is 51.7 Å². The highest BCUT2D eigenvalue weighted by Gasteiger charge is 2.35. The van der Waals surface area contributed by atoms with Crippen molar-refractivity contribution >= 4 is 12.0 Å². The van der Waals surface area contributed by atoms with Crippen molar-refractivity contribution in [3.05, 3.63) is 0 Å². The number of rotatable bonds is 5. The highest BCUT2D eigenvalue weighted by molar-refractivity contribution is 5.76. The lowest BCUT2D eigenvalue weighted by Gasteiger charge is -2.42. The summed E-state index contributed by atoms with van der Waals surface area (Å²) in [5, 5.41) is 8.79. The van der Waals surface area contributed by atoms with Crippen LogP contribution in [0.2, 0.25) is 0 Å². The van der Waals surface area contributed by atoms with E-state index in [0.717, 1.165) is 12.8 Å². The molecule has 1 N–H and O–H groups in total. The van der Waals surface area contributed by atoms with Gasteiger partial charge in [0, 0.05) is 26.2 Å². The summed E-state index contributed by atoms with van der Waals surface area (Å²) in [4.78, 5) is 26.7. The molecule has 1 aliphatic heterocycles. The molecule has 116 valence electrons. The van der Waals surface area contributed by atoms with E-state index < -0.39 is 5.97 Å². The van der Waals surface area contributed by atoms with E-state index in [9.17, 15) is 9.59 Å². The molecule has 0 saturated carbocycles. The molecular formula is C14H26N2O4. The molecule has 0 aliphatic carbocycles. The number of aliphatic carboxylic acids is 1. The fourth-order valence-electron chi connectivity index (χ4n) is 2.51. The molecule has 0 aromatic carbocycles. The maximum Gasteiger partial charge on any atom is 0.320 e. The fraction of sp³-hybridized carbons (Fsp3) is 0.857. The Morgan fingerprint density at radius 3 is 2.60 bits per heavy atom. The molecule has 0 radical (unpaired) electrons. The number of urea groups is 1. The van der Waals surface area contributed by atoms with Crippen LogP contribution in [0, 0.1) is 0 Å². The first-order valence-electron chi connectivity index (χ1n) is 7.11. The maximum absolute atomic E-state index is 12.6. The lowest BCUT2D eigenvalue weighted by molar-refractivity contribution is -0.137. The monoisotopic (exact) mass is 286 g/mol. The number of likely N-dealkylation sites (tertiary alicyclic amines) is 1. The number of piperidine rings is 1. The summed E-state index contributed by atoms with van der Waals surface area (Å²) in [5.74, 6) is -0.885. The minimum atomic E-state index is -0.885. The number of amides is 2. The van der Waals surface area contributed by atoms with Crippen LogP contribution in [0.5, 0.6) is 0 Å². The van der Waals surface area contributed by atoms with Gasteiger partial charge in [-0.3, -0.25) is 4.79 Å². The number of hydrogen-bond acceptors (Lipinski definition) is 3. The average molecular weight is 286 g/mol. The maximum atomic E-state index is 12.6. The predicted octanol–water partition coefficient (Wildman–Crippen LogP) is 1.79. The van der Waals surface area contributed by atoms with E-state index in [1.54, 1.807) is 16.9 Å². The Morgan fingerprint density at radius 1 is 1.45 bits per heavy atom. The molecule has 1 atom stereocenters. The molecule has 6 heteroatoms. The van der Waals surface area contributed by atoms with Crippen LogP contribution in [0.15, 0.2) is 0 Å². The van der Waals surface area contributed by atoms with E-state index in [2.05, 4.69) is 0 Å². The van der Waals surface area contributed by atoms with Gasteiger partial charge >= 0.3 is 12.0 Å². The number of methoxy groups -OCH3 is 1. The number of hydrogen-bond donors (Lipinski definition) is 1. The third kappa shape index (κ3) is 4.37. The number of ether oxygens (including phenoxy) is 1. The predicted molar refractivity (Wildman–Crippen MR) is 75.7 cm³/mol. The SMILES string of the molecule is COC1(C)CCCN(C(=O)N(CCC(=O)O)C(C)C)C1. The largest absolute Gasteiger partial charge is 0.481 e. The number of carbonyl (C=O) groups excluding carboxylic acids is 1. The first-order valence-corrected chi connectivity index (χ1v) is 7.11. The van der Waals surface area contributed by atoms with Crippen LogP contribution in [0.25, 0.3) is 0 Å². The molecular weight excluding hydrogens is 260 g/mol. The molecule has 1 saturated heterocycles. The van der Waals surface area contributed by atoms with E-state index in [4.69, 9.17) is 9.84 Å². The van der Waals surface area contributed by atoms with Crippen molar-refractivity contribution in [3.8, 4) is 0 Å². The van der Waals surface area contributed by atoms with Crippen molar-refractivity contribution in [2.24, 2.45) is 0 Å². The Balaban J connectivity index is 2.71. The second-order valence-corrected chi connectivity index (χ2v) is 5.89. The highest BCUT2D eigenvalue weighted by atomic mass is 16.5. The van der Waals surface area contributed by atoms with Crippen LogP contribution in [0.4, 0.5) is 4.79 Å². The van der Waals surface area contributed by atoms with Crippen molar-refractivity contribution in [2.75, 3.05) is 26.7 Å². The van der Waals surface area contributed by atoms with Crippen molar-refractivity contribution in [1.29, 1.82) is 0 Å². The van der Waals surface area contributed by atoms with Gasteiger partial charge in [0.2, 0.25) is 0 Å². The number of carboxylic acid groups (broad SMARTS) is 1. The molecule has 2 amide bonds. The van der Waals surface area contributed by atoms with Gasteiger partial charge in [-0.1, -0.05) is 0 Å². The molecule has 1 rings (SSSR count). The van der Waals surface area contributed by atoms with Crippen LogP contribution in [0.3, 0.4) is 0 Å². The van der Waals surface area contributed by atoms with Gasteiger partial charge in [0.1, 0.15) is 0 Å². The third-order valence-corrected chi connectivity index (χ3v) is 3.86. The van der Waals surface area contributed by atoms with E-state index in [1.807, 2.05) is 20.8 Å². The van der Waals surface area contributed by atoms with Gasteiger partial charge in [-0.15, -0.1) is 0 Å². The smallest absolute Gasteiger partial charge is 0.320 e. The molecule has 0 aromatic rings. The number of nitrogens with zero attached hydrogens (tertiary/aromatic N) is 2. The summed E-state index contributed by atoms with van der Waals surface area (Å²) in [6, 6.07) is -0.109. The van der Waals surface area contributed by atoms with Crippen LogP contribution < -0.4 is 0 Å². The first-order chi connectivity index (χ1) is 9.29. The molecule has 20 heavy (non-hydrogen) atoms. The summed E-state index contributed by atoms with van der Waals surface area (Å²) in [6.07, 6.45) is 1.81. The first kappa shape index (κ1) is 16.8. The molecule has 1 fully saturated rings. The van der Waals surface area contributed by atoms with E-state index in [-0.39, 0.29) is 30.6 Å². The van der Waals surface area contributed by atoms with Crippen molar-refractivity contribution < 1.29 is 19.4 Å². The third-order valence-electron chi connectivity index (χ3n) is 3.86. The van der Waals surface area contributed by atoms with Gasteiger partial charge in [0.05, 0.1) is 18.6 Å². The quantitative estimate of drug-likeness (QED) is 0.836. The Bertz CT molecular complexity index is 359. The molecule has 1 unspecified atom stereocenters. The lowest BCUT2D eigenvalue weighted by atomic mass is 9.95. The number of carbonyl (C=O) groups is 2. The minimum Gasteiger partial charge on any atom is -0.481 e. The summed E-state index contributed by atoms with van der Waals surface area (Å²) < 4.78 is 5.49. The molecule has 1 aliphatic rings. The molecule has 0 spiro atoms. The van der Waals surface area contributed by atoms with Crippen molar-refractivity contribution in [1.82, 2.24) is 9.80 Å². The van der Waals surface area contributed by atoms with E-state index in [1.165, 1.54) is 0 Å². The Labute approximate surface area is 120 Å². The van der Waals surface area contributed by atoms with Gasteiger partial charge in [0.25, 0.3) is 0 Å². The Hall–Kier alpha value is -1.30. The highest BCUT2D eigenvalue weighted by Crippen LogP contribution is 2.25. The zero-order chi connectivity index (χ0) is 15.3. The second-order valence-electron chi connectivity index (χ2n) is 5.89. The standard InChI is InChI=1S/C14H26N2O4/c1-11(2)16(9-6-12(17)18)13(19)15-8-5-7-14(3,10-15)20-4/h11H,5-10H2,1-4H3,(H,17,18). The van der Waals surface area contributed by atoms with Gasteiger partial charge < -0.3 is 19.6 Å².